The molecular formula is C12H14FN5O2. The first-order valence-corrected chi connectivity index (χ1v) is 6.00. The third kappa shape index (κ3) is 3.08. The van der Waals surface area contributed by atoms with E-state index in [9.17, 15) is 14.5 Å². The van der Waals surface area contributed by atoms with Crippen LogP contribution in [0.25, 0.3) is 0 Å². The summed E-state index contributed by atoms with van der Waals surface area (Å²) >= 11 is 0. The van der Waals surface area contributed by atoms with Gasteiger partial charge in [0, 0.05) is 20.0 Å². The minimum atomic E-state index is -0.607. The molecule has 8 heteroatoms. The van der Waals surface area contributed by atoms with Crippen molar-refractivity contribution in [1.29, 1.82) is 0 Å². The van der Waals surface area contributed by atoms with Gasteiger partial charge in [-0.05, 0) is 18.6 Å². The molecule has 0 bridgehead atoms. The van der Waals surface area contributed by atoms with Crippen molar-refractivity contribution < 1.29 is 9.31 Å². The van der Waals surface area contributed by atoms with Crippen molar-refractivity contribution in [2.45, 2.75) is 13.3 Å². The lowest BCUT2D eigenvalue weighted by atomic mass is 10.1. The van der Waals surface area contributed by atoms with Gasteiger partial charge in [-0.15, -0.1) is 0 Å². The van der Waals surface area contributed by atoms with E-state index in [1.54, 1.807) is 25.0 Å². The second-order valence-corrected chi connectivity index (χ2v) is 4.39. The van der Waals surface area contributed by atoms with Gasteiger partial charge in [-0.1, -0.05) is 0 Å². The highest BCUT2D eigenvalue weighted by atomic mass is 19.1. The molecule has 0 atom stereocenters. The van der Waals surface area contributed by atoms with Crippen molar-refractivity contribution in [3.8, 4) is 0 Å². The Morgan fingerprint density at radius 1 is 1.50 bits per heavy atom. The number of anilines is 1. The minimum Gasteiger partial charge on any atom is -0.379 e. The van der Waals surface area contributed by atoms with E-state index >= 15 is 0 Å². The lowest BCUT2D eigenvalue weighted by Gasteiger charge is -2.07. The van der Waals surface area contributed by atoms with Gasteiger partial charge >= 0.3 is 0 Å². The number of nitro benzene ring substituents is 1. The van der Waals surface area contributed by atoms with Crippen LogP contribution in [0.15, 0.2) is 18.5 Å². The Morgan fingerprint density at radius 2 is 2.25 bits per heavy atom. The maximum Gasteiger partial charge on any atom is 0.295 e. The van der Waals surface area contributed by atoms with Crippen LogP contribution in [-0.2, 0) is 13.5 Å². The summed E-state index contributed by atoms with van der Waals surface area (Å²) in [6.07, 6.45) is 2.11. The zero-order chi connectivity index (χ0) is 14.7. The molecule has 0 spiro atoms. The molecule has 0 saturated heterocycles. The molecule has 1 aromatic heterocycles. The van der Waals surface area contributed by atoms with Crippen LogP contribution in [0.5, 0.6) is 0 Å². The number of aromatic nitrogens is 3. The average Bonchev–Trinajstić information content (AvgIpc) is 2.79. The molecule has 2 aromatic rings. The fourth-order valence-corrected chi connectivity index (χ4v) is 1.77. The Morgan fingerprint density at radius 3 is 2.85 bits per heavy atom. The summed E-state index contributed by atoms with van der Waals surface area (Å²) in [5, 5.41) is 17.9. The number of nitro groups is 1. The third-order valence-electron chi connectivity index (χ3n) is 2.78. The zero-order valence-corrected chi connectivity index (χ0v) is 11.1. The lowest BCUT2D eigenvalue weighted by molar-refractivity contribution is -0.384. The standard InChI is InChI=1S/C12H14FN5O2/c1-8-5-10(11(18(19)20)6-9(8)13)14-4-3-12-15-7-17(2)16-12/h5-7,14H,3-4H2,1-2H3. The molecule has 0 aliphatic carbocycles. The number of hydrogen-bond donors (Lipinski definition) is 1. The van der Waals surface area contributed by atoms with Gasteiger partial charge in [-0.3, -0.25) is 14.8 Å². The van der Waals surface area contributed by atoms with Gasteiger partial charge in [-0.25, -0.2) is 9.37 Å². The second-order valence-electron chi connectivity index (χ2n) is 4.39. The minimum absolute atomic E-state index is 0.276. The quantitative estimate of drug-likeness (QED) is 0.666. The summed E-state index contributed by atoms with van der Waals surface area (Å²) in [5.74, 6) is 0.0510. The van der Waals surface area contributed by atoms with Gasteiger partial charge in [0.15, 0.2) is 5.82 Å². The molecule has 0 saturated carbocycles. The van der Waals surface area contributed by atoms with Gasteiger partial charge in [0.1, 0.15) is 17.8 Å². The summed E-state index contributed by atoms with van der Waals surface area (Å²) in [6.45, 7) is 1.99. The van der Waals surface area contributed by atoms with Crippen molar-refractivity contribution in [2.75, 3.05) is 11.9 Å². The average molecular weight is 279 g/mol. The van der Waals surface area contributed by atoms with Gasteiger partial charge < -0.3 is 5.32 Å². The number of hydrogen-bond acceptors (Lipinski definition) is 5. The van der Waals surface area contributed by atoms with Crippen LogP contribution < -0.4 is 5.32 Å². The number of halogens is 1. The Hall–Kier alpha value is -2.51. The summed E-state index contributed by atoms with van der Waals surface area (Å²) in [4.78, 5) is 14.3. The second kappa shape index (κ2) is 5.64. The molecule has 2 rings (SSSR count). The van der Waals surface area contributed by atoms with Crippen molar-refractivity contribution in [1.82, 2.24) is 14.8 Å². The summed E-state index contributed by atoms with van der Waals surface area (Å²) < 4.78 is 14.9. The fourth-order valence-electron chi connectivity index (χ4n) is 1.77. The highest BCUT2D eigenvalue weighted by Crippen LogP contribution is 2.27. The zero-order valence-electron chi connectivity index (χ0n) is 11.1. The van der Waals surface area contributed by atoms with Crippen LogP contribution in [0.3, 0.4) is 0 Å². The van der Waals surface area contributed by atoms with Gasteiger partial charge in [0.2, 0.25) is 0 Å². The number of nitrogens with zero attached hydrogens (tertiary/aromatic N) is 4. The Labute approximate surface area is 114 Å². The normalized spacial score (nSPS) is 10.6. The van der Waals surface area contributed by atoms with E-state index in [0.717, 1.165) is 6.07 Å². The van der Waals surface area contributed by atoms with E-state index < -0.39 is 10.7 Å². The summed E-state index contributed by atoms with van der Waals surface area (Å²) in [7, 11) is 1.76. The number of aryl methyl sites for hydroxylation is 2. The fraction of sp³-hybridized carbons (Fsp3) is 0.333. The maximum atomic E-state index is 13.4. The van der Waals surface area contributed by atoms with Crippen LogP contribution in [0, 0.1) is 22.9 Å². The topological polar surface area (TPSA) is 85.9 Å². The molecule has 1 aromatic carbocycles. The SMILES string of the molecule is Cc1cc(NCCc2ncn(C)n2)c([N+](=O)[O-])cc1F. The molecule has 0 amide bonds. The van der Waals surface area contributed by atoms with E-state index in [0.29, 0.717) is 30.0 Å². The number of rotatable bonds is 5. The van der Waals surface area contributed by atoms with Crippen molar-refractivity contribution >= 4 is 11.4 Å². The summed E-state index contributed by atoms with van der Waals surface area (Å²) in [6, 6.07) is 2.36. The Bertz CT molecular complexity index is 641. The van der Waals surface area contributed by atoms with E-state index in [-0.39, 0.29) is 5.69 Å². The van der Waals surface area contributed by atoms with Crippen molar-refractivity contribution in [3.05, 3.63) is 45.8 Å². The first-order valence-electron chi connectivity index (χ1n) is 6.00. The smallest absolute Gasteiger partial charge is 0.295 e. The monoisotopic (exact) mass is 279 g/mol. The first kappa shape index (κ1) is 13.9. The molecule has 1 N–H and O–H groups in total. The van der Waals surface area contributed by atoms with Gasteiger partial charge in [-0.2, -0.15) is 5.10 Å². The van der Waals surface area contributed by atoms with Crippen molar-refractivity contribution in [2.24, 2.45) is 7.05 Å². The molecule has 0 aliphatic heterocycles. The lowest BCUT2D eigenvalue weighted by Crippen LogP contribution is -2.09. The molecule has 106 valence electrons. The number of nitrogens with one attached hydrogen (secondary N) is 1. The van der Waals surface area contributed by atoms with Gasteiger partial charge in [0.05, 0.1) is 11.0 Å². The van der Waals surface area contributed by atoms with Crippen LogP contribution in [0.1, 0.15) is 11.4 Å². The van der Waals surface area contributed by atoms with Crippen LogP contribution >= 0.6 is 0 Å². The van der Waals surface area contributed by atoms with Crippen LogP contribution in [0.2, 0.25) is 0 Å². The highest BCUT2D eigenvalue weighted by molar-refractivity contribution is 5.63. The maximum absolute atomic E-state index is 13.4. The van der Waals surface area contributed by atoms with E-state index in [1.807, 2.05) is 0 Å². The molecule has 0 aliphatic rings. The molecule has 7 nitrogen and oxygen atoms in total. The predicted molar refractivity (Wildman–Crippen MR) is 71.0 cm³/mol. The van der Waals surface area contributed by atoms with E-state index in [4.69, 9.17) is 0 Å². The molecular weight excluding hydrogens is 265 g/mol. The van der Waals surface area contributed by atoms with E-state index in [1.165, 1.54) is 6.07 Å². The Kier molecular flexibility index (Phi) is 3.92. The third-order valence-corrected chi connectivity index (χ3v) is 2.78. The number of benzene rings is 1. The molecule has 0 unspecified atom stereocenters. The van der Waals surface area contributed by atoms with Crippen LogP contribution in [-0.4, -0.2) is 26.2 Å². The Balaban J connectivity index is 2.08. The molecule has 0 radical (unpaired) electrons. The largest absolute Gasteiger partial charge is 0.379 e. The van der Waals surface area contributed by atoms with Crippen molar-refractivity contribution in [3.63, 3.8) is 0 Å². The summed E-state index contributed by atoms with van der Waals surface area (Å²) in [5.41, 5.74) is 0.376. The first-order chi connectivity index (χ1) is 9.47. The van der Waals surface area contributed by atoms with Crippen LogP contribution in [0.4, 0.5) is 15.8 Å². The molecule has 1 heterocycles. The van der Waals surface area contributed by atoms with E-state index in [2.05, 4.69) is 15.4 Å². The molecule has 20 heavy (non-hydrogen) atoms. The van der Waals surface area contributed by atoms with Gasteiger partial charge in [0.25, 0.3) is 5.69 Å². The highest BCUT2D eigenvalue weighted by Gasteiger charge is 2.16. The molecule has 0 fully saturated rings. The predicted octanol–water partition coefficient (Wildman–Crippen LogP) is 1.83.